The number of nitrogens with zero attached hydrogens (tertiary/aromatic N) is 1. The summed E-state index contributed by atoms with van der Waals surface area (Å²) < 4.78 is 76.9. The van der Waals surface area contributed by atoms with Crippen LogP contribution in [0.2, 0.25) is 0 Å². The number of carboxylic acids is 1. The summed E-state index contributed by atoms with van der Waals surface area (Å²) in [7, 11) is -4.14. The van der Waals surface area contributed by atoms with Crippen molar-refractivity contribution in [3.63, 3.8) is 0 Å². The van der Waals surface area contributed by atoms with E-state index in [2.05, 4.69) is 0 Å². The smallest absolute Gasteiger partial charge is 0.471 e. The first-order valence-electron chi connectivity index (χ1n) is 12.9. The maximum atomic E-state index is 13.2. The van der Waals surface area contributed by atoms with Crippen molar-refractivity contribution in [3.8, 4) is 11.5 Å². The van der Waals surface area contributed by atoms with Gasteiger partial charge in [-0.3, -0.25) is 4.79 Å². The number of hydrogen-bond donors (Lipinski definition) is 1. The van der Waals surface area contributed by atoms with Crippen LogP contribution in [0.25, 0.3) is 0 Å². The fraction of sp³-hybridized carbons (Fsp3) is 0.161. The minimum absolute atomic E-state index is 0.00404. The van der Waals surface area contributed by atoms with Crippen molar-refractivity contribution in [1.29, 1.82) is 0 Å². The topological polar surface area (TPSA) is 110 Å². The molecule has 0 aliphatic carbocycles. The molecule has 4 aromatic carbocycles. The highest BCUT2D eigenvalue weighted by Crippen LogP contribution is 2.29. The number of benzene rings is 4. The second-order valence-corrected chi connectivity index (χ2v) is 11.2. The van der Waals surface area contributed by atoms with Gasteiger partial charge in [0.1, 0.15) is 30.3 Å². The largest absolute Gasteiger partial charge is 0.492 e. The Bertz CT molecular complexity index is 1660. The second kappa shape index (κ2) is 13.4. The van der Waals surface area contributed by atoms with E-state index in [9.17, 15) is 36.3 Å². The van der Waals surface area contributed by atoms with Crippen LogP contribution in [0.3, 0.4) is 0 Å². The molecular formula is C31H26F3NO7S. The average molecular weight is 614 g/mol. The third-order valence-electron chi connectivity index (χ3n) is 6.24. The van der Waals surface area contributed by atoms with E-state index in [0.29, 0.717) is 10.5 Å². The molecule has 4 rings (SSSR count). The van der Waals surface area contributed by atoms with Gasteiger partial charge >= 0.3 is 18.1 Å². The number of carbonyl (C=O) groups excluding carboxylic acids is 1. The molecule has 0 fully saturated rings. The van der Waals surface area contributed by atoms with Gasteiger partial charge in [-0.2, -0.15) is 13.2 Å². The van der Waals surface area contributed by atoms with Crippen LogP contribution in [0.15, 0.2) is 113 Å². The molecule has 0 atom stereocenters. The van der Waals surface area contributed by atoms with Gasteiger partial charge < -0.3 is 19.5 Å². The van der Waals surface area contributed by atoms with E-state index in [4.69, 9.17) is 9.47 Å². The summed E-state index contributed by atoms with van der Waals surface area (Å²) in [5.74, 6) is -3.20. The summed E-state index contributed by atoms with van der Waals surface area (Å²) in [6, 6.07) is 25.9. The highest BCUT2D eigenvalue weighted by Gasteiger charge is 2.42. The zero-order valence-electron chi connectivity index (χ0n) is 22.5. The maximum Gasteiger partial charge on any atom is 0.471 e. The van der Waals surface area contributed by atoms with Crippen LogP contribution in [-0.4, -0.2) is 49.6 Å². The lowest BCUT2D eigenvalue weighted by atomic mass is 10.2. The summed E-state index contributed by atoms with van der Waals surface area (Å²) in [6.45, 7) is -0.839. The number of sulfone groups is 1. The third kappa shape index (κ3) is 8.13. The molecule has 0 unspecified atom stereocenters. The minimum Gasteiger partial charge on any atom is -0.492 e. The van der Waals surface area contributed by atoms with Crippen LogP contribution in [0, 0.1) is 0 Å². The van der Waals surface area contributed by atoms with Crippen molar-refractivity contribution in [2.45, 2.75) is 29.1 Å². The SMILES string of the molecule is O=C(O)c1cc(S(=O)(=O)c2ccc(OCCN(Cc3ccccc3)C(=O)C(F)(F)F)cc2)ccc1OCc1ccccc1. The van der Waals surface area contributed by atoms with E-state index in [0.717, 1.165) is 11.6 Å². The van der Waals surface area contributed by atoms with Crippen LogP contribution in [0.4, 0.5) is 13.2 Å². The van der Waals surface area contributed by atoms with E-state index in [-0.39, 0.29) is 53.2 Å². The molecule has 8 nitrogen and oxygen atoms in total. The molecule has 224 valence electrons. The number of hydrogen-bond acceptors (Lipinski definition) is 6. The molecule has 0 aromatic heterocycles. The van der Waals surface area contributed by atoms with Gasteiger partial charge in [0.15, 0.2) is 0 Å². The first-order valence-corrected chi connectivity index (χ1v) is 14.4. The van der Waals surface area contributed by atoms with Crippen LogP contribution in [-0.2, 0) is 27.8 Å². The second-order valence-electron chi connectivity index (χ2n) is 9.27. The van der Waals surface area contributed by atoms with Crippen molar-refractivity contribution in [1.82, 2.24) is 4.90 Å². The quantitative estimate of drug-likeness (QED) is 0.216. The van der Waals surface area contributed by atoms with Gasteiger partial charge in [-0.15, -0.1) is 0 Å². The molecule has 0 aliphatic rings. The molecule has 0 aliphatic heterocycles. The number of amides is 1. The van der Waals surface area contributed by atoms with E-state index in [1.54, 1.807) is 54.6 Å². The number of carboxylic acid groups (broad SMARTS) is 1. The monoisotopic (exact) mass is 613 g/mol. The number of alkyl halides is 3. The standard InChI is InChI=1S/C31H26F3NO7S/c32-31(33,34)30(38)35(20-22-7-3-1-4-8-22)17-18-41-24-11-13-25(14-12-24)43(39,40)26-15-16-28(27(19-26)29(36)37)42-21-23-9-5-2-6-10-23/h1-16,19H,17-18,20-21H2,(H,36,37). The Kier molecular flexibility index (Phi) is 9.71. The molecular weight excluding hydrogens is 587 g/mol. The van der Waals surface area contributed by atoms with Crippen LogP contribution >= 0.6 is 0 Å². The Hall–Kier alpha value is -4.84. The van der Waals surface area contributed by atoms with Gasteiger partial charge in [-0.25, -0.2) is 13.2 Å². The fourth-order valence-corrected chi connectivity index (χ4v) is 5.35. The number of rotatable bonds is 12. The van der Waals surface area contributed by atoms with Gasteiger partial charge in [0, 0.05) is 6.54 Å². The fourth-order valence-electron chi connectivity index (χ4n) is 4.06. The molecule has 0 saturated carbocycles. The summed E-state index contributed by atoms with van der Waals surface area (Å²) in [4.78, 5) is 24.0. The van der Waals surface area contributed by atoms with Crippen LogP contribution < -0.4 is 9.47 Å². The Morgan fingerprint density at radius 3 is 1.93 bits per heavy atom. The lowest BCUT2D eigenvalue weighted by Gasteiger charge is -2.24. The van der Waals surface area contributed by atoms with Gasteiger partial charge in [0.2, 0.25) is 9.84 Å². The predicted molar refractivity (Wildman–Crippen MR) is 149 cm³/mol. The Morgan fingerprint density at radius 2 is 1.35 bits per heavy atom. The molecule has 12 heteroatoms. The molecule has 0 bridgehead atoms. The first-order chi connectivity index (χ1) is 20.4. The Morgan fingerprint density at radius 1 is 0.767 bits per heavy atom. The summed E-state index contributed by atoms with van der Waals surface area (Å²) in [5, 5.41) is 9.66. The van der Waals surface area contributed by atoms with Gasteiger partial charge in [0.05, 0.1) is 16.3 Å². The average Bonchev–Trinajstić information content (AvgIpc) is 3.00. The Balaban J connectivity index is 1.43. The molecule has 4 aromatic rings. The molecule has 1 N–H and O–H groups in total. The summed E-state index contributed by atoms with van der Waals surface area (Å²) in [5.41, 5.74) is 0.982. The molecule has 0 radical (unpaired) electrons. The summed E-state index contributed by atoms with van der Waals surface area (Å²) >= 11 is 0. The molecule has 43 heavy (non-hydrogen) atoms. The van der Waals surface area contributed by atoms with Crippen molar-refractivity contribution in [3.05, 3.63) is 120 Å². The maximum absolute atomic E-state index is 13.2. The van der Waals surface area contributed by atoms with Crippen molar-refractivity contribution >= 4 is 21.7 Å². The highest BCUT2D eigenvalue weighted by molar-refractivity contribution is 7.91. The Labute approximate surface area is 245 Å². The number of halogens is 3. The van der Waals surface area contributed by atoms with E-state index in [1.165, 1.54) is 36.4 Å². The van der Waals surface area contributed by atoms with Crippen LogP contribution in [0.1, 0.15) is 21.5 Å². The zero-order chi connectivity index (χ0) is 31.0. The van der Waals surface area contributed by atoms with E-state index >= 15 is 0 Å². The third-order valence-corrected chi connectivity index (χ3v) is 8.01. The van der Waals surface area contributed by atoms with Crippen molar-refractivity contribution in [2.75, 3.05) is 13.2 Å². The molecule has 1 amide bonds. The van der Waals surface area contributed by atoms with E-state index < -0.39 is 27.9 Å². The van der Waals surface area contributed by atoms with Crippen LogP contribution in [0.5, 0.6) is 11.5 Å². The van der Waals surface area contributed by atoms with Crippen molar-refractivity contribution < 1.29 is 45.8 Å². The molecule has 0 heterocycles. The highest BCUT2D eigenvalue weighted by atomic mass is 32.2. The van der Waals surface area contributed by atoms with Gasteiger partial charge in [0.25, 0.3) is 0 Å². The normalized spacial score (nSPS) is 11.5. The number of carbonyl (C=O) groups is 2. The molecule has 0 saturated heterocycles. The lowest BCUT2D eigenvalue weighted by molar-refractivity contribution is -0.186. The molecule has 0 spiro atoms. The summed E-state index contributed by atoms with van der Waals surface area (Å²) in [6.07, 6.45) is -5.06. The lowest BCUT2D eigenvalue weighted by Crippen LogP contribution is -2.42. The van der Waals surface area contributed by atoms with Gasteiger partial charge in [-0.05, 0) is 53.6 Å². The van der Waals surface area contributed by atoms with Gasteiger partial charge in [-0.1, -0.05) is 60.7 Å². The number of aromatic carboxylic acids is 1. The predicted octanol–water partition coefficient (Wildman–Crippen LogP) is 5.77. The number of ether oxygens (including phenoxy) is 2. The first kappa shape index (κ1) is 31.1. The van der Waals surface area contributed by atoms with E-state index in [1.807, 2.05) is 6.07 Å². The van der Waals surface area contributed by atoms with Crippen molar-refractivity contribution in [2.24, 2.45) is 0 Å². The minimum atomic E-state index is -5.06. The zero-order valence-corrected chi connectivity index (χ0v) is 23.3.